The lowest BCUT2D eigenvalue weighted by Gasteiger charge is -2.14. The van der Waals surface area contributed by atoms with Crippen molar-refractivity contribution in [2.75, 3.05) is 13.7 Å². The Hall–Kier alpha value is -2.55. The Morgan fingerprint density at radius 2 is 1.83 bits per heavy atom. The van der Waals surface area contributed by atoms with Crippen LogP contribution in [0.2, 0.25) is 0 Å². The fourth-order valence-corrected chi connectivity index (χ4v) is 2.85. The van der Waals surface area contributed by atoms with Crippen molar-refractivity contribution >= 4 is 29.9 Å². The molecular formula is C22H28IN5O. The smallest absolute Gasteiger partial charge is 0.191 e. The van der Waals surface area contributed by atoms with Crippen LogP contribution in [-0.4, -0.2) is 29.4 Å². The monoisotopic (exact) mass is 505 g/mol. The first-order chi connectivity index (χ1) is 13.7. The molecular weight excluding hydrogens is 477 g/mol. The summed E-state index contributed by atoms with van der Waals surface area (Å²) in [6.07, 6.45) is 1.96. The van der Waals surface area contributed by atoms with Gasteiger partial charge in [-0.2, -0.15) is 5.10 Å². The van der Waals surface area contributed by atoms with E-state index in [0.29, 0.717) is 19.7 Å². The maximum Gasteiger partial charge on any atom is 0.191 e. The van der Waals surface area contributed by atoms with Crippen molar-refractivity contribution in [3.63, 3.8) is 0 Å². The van der Waals surface area contributed by atoms with Gasteiger partial charge in [0.05, 0.1) is 24.5 Å². The molecule has 0 atom stereocenters. The summed E-state index contributed by atoms with van der Waals surface area (Å²) in [5.74, 6) is 1.63. The SMILES string of the molecule is CCOc1cc(C)ccc1CNC(=NC)NCc1ccn(-c2ccccc2)n1.I. The van der Waals surface area contributed by atoms with Crippen LogP contribution in [0.1, 0.15) is 23.7 Å². The van der Waals surface area contributed by atoms with Crippen LogP contribution in [0.5, 0.6) is 5.75 Å². The number of aromatic nitrogens is 2. The van der Waals surface area contributed by atoms with E-state index < -0.39 is 0 Å². The number of halogens is 1. The number of para-hydroxylation sites is 1. The minimum absolute atomic E-state index is 0. The molecule has 0 saturated carbocycles. The molecule has 0 spiro atoms. The van der Waals surface area contributed by atoms with Gasteiger partial charge in [-0.05, 0) is 43.7 Å². The second-order valence-electron chi connectivity index (χ2n) is 6.41. The number of benzene rings is 2. The maximum atomic E-state index is 5.74. The molecule has 1 heterocycles. The molecule has 29 heavy (non-hydrogen) atoms. The molecule has 0 amide bonds. The van der Waals surface area contributed by atoms with E-state index in [2.05, 4.69) is 45.8 Å². The number of hydrogen-bond acceptors (Lipinski definition) is 3. The third-order valence-corrected chi connectivity index (χ3v) is 4.29. The number of ether oxygens (including phenoxy) is 1. The van der Waals surface area contributed by atoms with E-state index in [4.69, 9.17) is 4.74 Å². The molecule has 3 rings (SSSR count). The van der Waals surface area contributed by atoms with Crippen molar-refractivity contribution in [2.24, 2.45) is 4.99 Å². The van der Waals surface area contributed by atoms with Gasteiger partial charge in [0, 0.05) is 25.4 Å². The molecule has 1 aromatic heterocycles. The molecule has 0 aliphatic carbocycles. The number of nitrogens with zero attached hydrogens (tertiary/aromatic N) is 3. The van der Waals surface area contributed by atoms with E-state index >= 15 is 0 Å². The van der Waals surface area contributed by atoms with Gasteiger partial charge in [-0.1, -0.05) is 30.3 Å². The Labute approximate surface area is 189 Å². The van der Waals surface area contributed by atoms with Crippen molar-refractivity contribution in [1.82, 2.24) is 20.4 Å². The third-order valence-electron chi connectivity index (χ3n) is 4.29. The Morgan fingerprint density at radius 3 is 2.55 bits per heavy atom. The summed E-state index contributed by atoms with van der Waals surface area (Å²) in [7, 11) is 1.76. The predicted molar refractivity (Wildman–Crippen MR) is 128 cm³/mol. The van der Waals surface area contributed by atoms with Crippen LogP contribution in [0.15, 0.2) is 65.8 Å². The largest absolute Gasteiger partial charge is 0.494 e. The van der Waals surface area contributed by atoms with E-state index in [1.165, 1.54) is 5.56 Å². The van der Waals surface area contributed by atoms with Gasteiger partial charge in [0.2, 0.25) is 0 Å². The van der Waals surface area contributed by atoms with Gasteiger partial charge in [-0.15, -0.1) is 24.0 Å². The first-order valence-corrected chi connectivity index (χ1v) is 9.46. The molecule has 3 aromatic rings. The summed E-state index contributed by atoms with van der Waals surface area (Å²) < 4.78 is 7.61. The van der Waals surface area contributed by atoms with Gasteiger partial charge in [-0.25, -0.2) is 4.68 Å². The van der Waals surface area contributed by atoms with E-state index in [1.807, 2.05) is 54.2 Å². The van der Waals surface area contributed by atoms with Gasteiger partial charge < -0.3 is 15.4 Å². The van der Waals surface area contributed by atoms with Crippen LogP contribution >= 0.6 is 24.0 Å². The van der Waals surface area contributed by atoms with Gasteiger partial charge in [-0.3, -0.25) is 4.99 Å². The van der Waals surface area contributed by atoms with Crippen LogP contribution in [0, 0.1) is 6.92 Å². The average molecular weight is 505 g/mol. The molecule has 0 radical (unpaired) electrons. The lowest BCUT2D eigenvalue weighted by molar-refractivity contribution is 0.336. The Kier molecular flexibility index (Phi) is 8.98. The molecule has 2 aromatic carbocycles. The summed E-state index contributed by atoms with van der Waals surface area (Å²) in [5.41, 5.74) is 4.27. The van der Waals surface area contributed by atoms with Crippen molar-refractivity contribution in [3.05, 3.63) is 77.6 Å². The molecule has 0 aliphatic rings. The highest BCUT2D eigenvalue weighted by molar-refractivity contribution is 14.0. The maximum absolute atomic E-state index is 5.74. The zero-order chi connectivity index (χ0) is 19.8. The first kappa shape index (κ1) is 22.7. The number of aliphatic imine (C=N–C) groups is 1. The molecule has 154 valence electrons. The van der Waals surface area contributed by atoms with Gasteiger partial charge in [0.15, 0.2) is 5.96 Å². The highest BCUT2D eigenvalue weighted by atomic mass is 127. The van der Waals surface area contributed by atoms with Crippen molar-refractivity contribution in [1.29, 1.82) is 0 Å². The zero-order valence-electron chi connectivity index (χ0n) is 17.1. The first-order valence-electron chi connectivity index (χ1n) is 9.46. The van der Waals surface area contributed by atoms with Crippen LogP contribution in [-0.2, 0) is 13.1 Å². The number of aryl methyl sites for hydroxylation is 1. The average Bonchev–Trinajstić information content (AvgIpc) is 3.19. The number of rotatable bonds is 7. The van der Waals surface area contributed by atoms with Gasteiger partial charge >= 0.3 is 0 Å². The van der Waals surface area contributed by atoms with Crippen LogP contribution in [0.3, 0.4) is 0 Å². The van der Waals surface area contributed by atoms with Crippen molar-refractivity contribution in [3.8, 4) is 11.4 Å². The van der Waals surface area contributed by atoms with Gasteiger partial charge in [0.1, 0.15) is 5.75 Å². The minimum atomic E-state index is 0. The fourth-order valence-electron chi connectivity index (χ4n) is 2.85. The zero-order valence-corrected chi connectivity index (χ0v) is 19.4. The number of nitrogens with one attached hydrogen (secondary N) is 2. The number of guanidine groups is 1. The normalized spacial score (nSPS) is 10.9. The summed E-state index contributed by atoms with van der Waals surface area (Å²) >= 11 is 0. The van der Waals surface area contributed by atoms with Crippen LogP contribution < -0.4 is 15.4 Å². The molecule has 0 saturated heterocycles. The summed E-state index contributed by atoms with van der Waals surface area (Å²) in [5, 5.41) is 11.2. The standard InChI is InChI=1S/C22H27N5O.HI/c1-4-28-21-14-17(2)10-11-18(21)15-24-22(23-3)25-16-19-12-13-27(26-19)20-8-6-5-7-9-20;/h5-14H,4,15-16H2,1-3H3,(H2,23,24,25);1H. The van der Waals surface area contributed by atoms with Crippen LogP contribution in [0.25, 0.3) is 5.69 Å². The van der Waals surface area contributed by atoms with Crippen molar-refractivity contribution in [2.45, 2.75) is 26.9 Å². The van der Waals surface area contributed by atoms with E-state index in [0.717, 1.165) is 28.7 Å². The third kappa shape index (κ3) is 6.49. The molecule has 0 aliphatic heterocycles. The molecule has 0 bridgehead atoms. The van der Waals surface area contributed by atoms with E-state index in [1.54, 1.807) is 7.05 Å². The fraction of sp³-hybridized carbons (Fsp3) is 0.273. The van der Waals surface area contributed by atoms with E-state index in [9.17, 15) is 0 Å². The quantitative estimate of drug-likeness (QED) is 0.289. The topological polar surface area (TPSA) is 63.5 Å². The predicted octanol–water partition coefficient (Wildman–Crippen LogP) is 4.06. The Balaban J connectivity index is 0.00000300. The Bertz CT molecular complexity index is 924. The molecule has 0 fully saturated rings. The summed E-state index contributed by atoms with van der Waals surface area (Å²) in [6.45, 7) is 5.93. The molecule has 2 N–H and O–H groups in total. The van der Waals surface area contributed by atoms with E-state index in [-0.39, 0.29) is 24.0 Å². The molecule has 7 heteroatoms. The van der Waals surface area contributed by atoms with Crippen molar-refractivity contribution < 1.29 is 4.74 Å². The number of hydrogen-bond donors (Lipinski definition) is 2. The second-order valence-corrected chi connectivity index (χ2v) is 6.41. The molecule has 6 nitrogen and oxygen atoms in total. The lowest BCUT2D eigenvalue weighted by atomic mass is 10.1. The minimum Gasteiger partial charge on any atom is -0.494 e. The van der Waals surface area contributed by atoms with Gasteiger partial charge in [0.25, 0.3) is 0 Å². The lowest BCUT2D eigenvalue weighted by Crippen LogP contribution is -2.36. The summed E-state index contributed by atoms with van der Waals surface area (Å²) in [4.78, 5) is 4.30. The molecule has 0 unspecified atom stereocenters. The highest BCUT2D eigenvalue weighted by Crippen LogP contribution is 2.20. The second kappa shape index (κ2) is 11.5. The summed E-state index contributed by atoms with van der Waals surface area (Å²) in [6, 6.07) is 18.3. The Morgan fingerprint density at radius 1 is 1.07 bits per heavy atom. The van der Waals surface area contributed by atoms with Crippen LogP contribution in [0.4, 0.5) is 0 Å². The highest BCUT2D eigenvalue weighted by Gasteiger charge is 2.06.